The maximum atomic E-state index is 12.2. The van der Waals surface area contributed by atoms with Crippen LogP contribution in [0.3, 0.4) is 0 Å². The first kappa shape index (κ1) is 18.1. The second-order valence-electron chi connectivity index (χ2n) is 5.37. The fraction of sp³-hybridized carbons (Fsp3) is 0.467. The summed E-state index contributed by atoms with van der Waals surface area (Å²) < 4.78 is 41.3. The third-order valence-corrected chi connectivity index (χ3v) is 3.37. The van der Waals surface area contributed by atoms with Gasteiger partial charge < -0.3 is 15.1 Å². The van der Waals surface area contributed by atoms with E-state index in [0.29, 0.717) is 18.7 Å². The average Bonchev–Trinajstić information content (AvgIpc) is 2.92. The van der Waals surface area contributed by atoms with Gasteiger partial charge in [0.05, 0.1) is 0 Å². The van der Waals surface area contributed by atoms with Crippen molar-refractivity contribution in [2.75, 3.05) is 26.7 Å². The zero-order chi connectivity index (χ0) is 17.7. The monoisotopic (exact) mass is 344 g/mol. The van der Waals surface area contributed by atoms with Gasteiger partial charge in [-0.15, -0.1) is 0 Å². The Morgan fingerprint density at radius 3 is 2.83 bits per heavy atom. The molecule has 1 N–H and O–H groups in total. The summed E-state index contributed by atoms with van der Waals surface area (Å²) >= 11 is 0. The van der Waals surface area contributed by atoms with Crippen LogP contribution in [0.5, 0.6) is 5.88 Å². The van der Waals surface area contributed by atoms with Gasteiger partial charge in [0.2, 0.25) is 11.8 Å². The lowest BCUT2D eigenvalue weighted by molar-refractivity contribution is -0.154. The van der Waals surface area contributed by atoms with Crippen LogP contribution >= 0.6 is 0 Å². The number of nitrogens with one attached hydrogen (secondary N) is 1. The van der Waals surface area contributed by atoms with Gasteiger partial charge in [0.25, 0.3) is 0 Å². The van der Waals surface area contributed by atoms with Gasteiger partial charge in [0.1, 0.15) is 6.54 Å². The summed E-state index contributed by atoms with van der Waals surface area (Å²) in [6.07, 6.45) is 0.823. The number of hydrogen-bond donors (Lipinski definition) is 1. The van der Waals surface area contributed by atoms with E-state index in [1.807, 2.05) is 17.3 Å². The van der Waals surface area contributed by atoms with Gasteiger partial charge in [-0.3, -0.25) is 4.79 Å². The van der Waals surface area contributed by atoms with Crippen LogP contribution < -0.4 is 10.1 Å². The number of halogens is 3. The van der Waals surface area contributed by atoms with Crippen LogP contribution in [-0.2, 0) is 11.3 Å². The Balaban J connectivity index is 1.98. The first-order valence-electron chi connectivity index (χ1n) is 7.32. The number of hydrazine groups is 1. The van der Waals surface area contributed by atoms with Crippen LogP contribution in [0, 0.1) is 6.92 Å². The highest BCUT2D eigenvalue weighted by atomic mass is 19.4. The number of pyridine rings is 1. The normalized spacial score (nSPS) is 15.0. The molecule has 0 aromatic carbocycles. The minimum atomic E-state index is -4.39. The highest BCUT2D eigenvalue weighted by molar-refractivity contribution is 5.77. The van der Waals surface area contributed by atoms with Gasteiger partial charge in [-0.1, -0.05) is 6.08 Å². The van der Waals surface area contributed by atoms with E-state index in [1.165, 1.54) is 6.20 Å². The summed E-state index contributed by atoms with van der Waals surface area (Å²) in [5.41, 5.74) is 1.35. The van der Waals surface area contributed by atoms with Crippen molar-refractivity contribution in [1.82, 2.24) is 20.3 Å². The van der Waals surface area contributed by atoms with Crippen molar-refractivity contribution in [3.05, 3.63) is 35.7 Å². The van der Waals surface area contributed by atoms with Gasteiger partial charge in [-0.2, -0.15) is 13.2 Å². The molecule has 0 saturated heterocycles. The van der Waals surface area contributed by atoms with E-state index < -0.39 is 12.8 Å². The number of likely N-dealkylation sites (N-methyl/N-ethyl adjacent to an activating group) is 1. The molecule has 1 aliphatic heterocycles. The van der Waals surface area contributed by atoms with Crippen molar-refractivity contribution in [3.63, 3.8) is 0 Å². The number of nitrogens with zero attached hydrogens (tertiary/aromatic N) is 3. The molecule has 0 spiro atoms. The van der Waals surface area contributed by atoms with E-state index in [2.05, 4.69) is 15.0 Å². The number of aromatic nitrogens is 1. The molecular formula is C15H19F3N4O2. The Morgan fingerprint density at radius 1 is 1.46 bits per heavy atom. The highest BCUT2D eigenvalue weighted by Gasteiger charge is 2.29. The van der Waals surface area contributed by atoms with Crippen molar-refractivity contribution < 1.29 is 22.7 Å². The van der Waals surface area contributed by atoms with E-state index in [1.54, 1.807) is 25.0 Å². The molecule has 1 aromatic rings. The quantitative estimate of drug-likeness (QED) is 0.850. The summed E-state index contributed by atoms with van der Waals surface area (Å²) in [4.78, 5) is 15.4. The maximum absolute atomic E-state index is 12.2. The SMILES string of the molecule is CNC(=O)CN1C=CCN1Cc1cnc(OCC(F)(F)F)c(C)c1. The second kappa shape index (κ2) is 7.52. The summed E-state index contributed by atoms with van der Waals surface area (Å²) in [5, 5.41) is 6.27. The summed E-state index contributed by atoms with van der Waals surface area (Å²) in [6, 6.07) is 1.73. The fourth-order valence-electron chi connectivity index (χ4n) is 2.24. The summed E-state index contributed by atoms with van der Waals surface area (Å²) in [5.74, 6) is -0.144. The zero-order valence-electron chi connectivity index (χ0n) is 13.4. The Labute approximate surface area is 137 Å². The van der Waals surface area contributed by atoms with Gasteiger partial charge in [0.15, 0.2) is 6.61 Å². The number of ether oxygens (including phenoxy) is 1. The van der Waals surface area contributed by atoms with Crippen molar-refractivity contribution in [2.24, 2.45) is 0 Å². The predicted molar refractivity (Wildman–Crippen MR) is 80.8 cm³/mol. The molecule has 2 heterocycles. The molecule has 1 amide bonds. The first-order chi connectivity index (χ1) is 11.3. The molecule has 9 heteroatoms. The zero-order valence-corrected chi connectivity index (χ0v) is 13.4. The number of aryl methyl sites for hydroxylation is 1. The number of hydrogen-bond acceptors (Lipinski definition) is 5. The predicted octanol–water partition coefficient (Wildman–Crippen LogP) is 1.62. The molecule has 0 unspecified atom stereocenters. The molecule has 6 nitrogen and oxygen atoms in total. The van der Waals surface area contributed by atoms with Crippen molar-refractivity contribution in [1.29, 1.82) is 0 Å². The molecule has 0 saturated carbocycles. The lowest BCUT2D eigenvalue weighted by atomic mass is 10.2. The smallest absolute Gasteiger partial charge is 0.422 e. The molecule has 0 radical (unpaired) electrons. The second-order valence-corrected chi connectivity index (χ2v) is 5.37. The number of rotatable bonds is 6. The van der Waals surface area contributed by atoms with Crippen LogP contribution in [0.15, 0.2) is 24.5 Å². The van der Waals surface area contributed by atoms with Gasteiger partial charge in [-0.05, 0) is 18.6 Å². The maximum Gasteiger partial charge on any atom is 0.422 e. The number of carbonyl (C=O) groups is 1. The molecular weight excluding hydrogens is 325 g/mol. The standard InChI is InChI=1S/C15H19F3N4O2/c1-11-6-12(7-20-14(11)24-10-15(16,17)18)8-21-4-3-5-22(21)9-13(23)19-2/h3,5-7H,4,8-10H2,1-2H3,(H,19,23). The summed E-state index contributed by atoms with van der Waals surface area (Å²) in [7, 11) is 1.57. The Bertz CT molecular complexity index is 619. The van der Waals surface area contributed by atoms with Crippen LogP contribution in [0.2, 0.25) is 0 Å². The third kappa shape index (κ3) is 5.12. The van der Waals surface area contributed by atoms with Crippen molar-refractivity contribution >= 4 is 5.91 Å². The molecule has 0 atom stereocenters. The van der Waals surface area contributed by atoms with E-state index in [0.717, 1.165) is 5.56 Å². The Morgan fingerprint density at radius 2 is 2.21 bits per heavy atom. The van der Waals surface area contributed by atoms with Gasteiger partial charge >= 0.3 is 6.18 Å². The molecule has 0 bridgehead atoms. The molecule has 0 aliphatic carbocycles. The van der Waals surface area contributed by atoms with Crippen LogP contribution in [-0.4, -0.2) is 53.8 Å². The van der Waals surface area contributed by atoms with Gasteiger partial charge in [-0.25, -0.2) is 9.99 Å². The molecule has 1 aliphatic rings. The molecule has 132 valence electrons. The van der Waals surface area contributed by atoms with E-state index in [4.69, 9.17) is 0 Å². The number of amides is 1. The summed E-state index contributed by atoms with van der Waals surface area (Å²) in [6.45, 7) is 1.61. The molecule has 1 aromatic heterocycles. The lowest BCUT2D eigenvalue weighted by Gasteiger charge is -2.28. The van der Waals surface area contributed by atoms with E-state index in [9.17, 15) is 18.0 Å². The van der Waals surface area contributed by atoms with E-state index >= 15 is 0 Å². The van der Waals surface area contributed by atoms with Crippen molar-refractivity contribution in [3.8, 4) is 5.88 Å². The third-order valence-electron chi connectivity index (χ3n) is 3.37. The van der Waals surface area contributed by atoms with Crippen LogP contribution in [0.4, 0.5) is 13.2 Å². The first-order valence-corrected chi connectivity index (χ1v) is 7.32. The Hall–Kier alpha value is -2.29. The minimum absolute atomic E-state index is 0.0298. The molecule has 2 rings (SSSR count). The topological polar surface area (TPSA) is 57.7 Å². The molecule has 0 fully saturated rings. The van der Waals surface area contributed by atoms with E-state index in [-0.39, 0.29) is 18.3 Å². The van der Waals surface area contributed by atoms with Crippen molar-refractivity contribution in [2.45, 2.75) is 19.6 Å². The minimum Gasteiger partial charge on any atom is -0.468 e. The number of alkyl halides is 3. The highest BCUT2D eigenvalue weighted by Crippen LogP contribution is 2.21. The largest absolute Gasteiger partial charge is 0.468 e. The average molecular weight is 344 g/mol. The number of carbonyl (C=O) groups excluding carboxylic acids is 1. The lowest BCUT2D eigenvalue weighted by Crippen LogP contribution is -2.41. The Kier molecular flexibility index (Phi) is 5.66. The van der Waals surface area contributed by atoms with Gasteiger partial charge in [0, 0.05) is 38.1 Å². The fourth-order valence-corrected chi connectivity index (χ4v) is 2.24. The van der Waals surface area contributed by atoms with Crippen LogP contribution in [0.1, 0.15) is 11.1 Å². The van der Waals surface area contributed by atoms with Crippen LogP contribution in [0.25, 0.3) is 0 Å². The molecule has 24 heavy (non-hydrogen) atoms.